The minimum Gasteiger partial charge on any atom is -0.370 e. The van der Waals surface area contributed by atoms with Crippen LogP contribution in [0.15, 0.2) is 24.3 Å². The van der Waals surface area contributed by atoms with Gasteiger partial charge in [0, 0.05) is 6.42 Å². The van der Waals surface area contributed by atoms with Crippen LogP contribution in [0.3, 0.4) is 0 Å². The van der Waals surface area contributed by atoms with Crippen LogP contribution >= 0.6 is 0 Å². The van der Waals surface area contributed by atoms with Gasteiger partial charge in [0.1, 0.15) is 5.82 Å². The van der Waals surface area contributed by atoms with Gasteiger partial charge in [0.25, 0.3) is 0 Å². The molecule has 0 radical (unpaired) electrons. The maximum Gasteiger partial charge on any atom is 0.218 e. The fourth-order valence-electron chi connectivity index (χ4n) is 1.98. The normalized spacial score (nSPS) is 17.4. The van der Waals surface area contributed by atoms with Crippen LogP contribution in [-0.2, 0) is 4.79 Å². The summed E-state index contributed by atoms with van der Waals surface area (Å²) in [5.74, 6) is 0.217. The molecule has 1 saturated carbocycles. The molecule has 1 fully saturated rings. The Morgan fingerprint density at radius 1 is 1.40 bits per heavy atom. The molecule has 1 aliphatic rings. The lowest BCUT2D eigenvalue weighted by Crippen LogP contribution is -2.16. The minimum atomic E-state index is -0.281. The lowest BCUT2D eigenvalue weighted by Gasteiger charge is -2.14. The molecule has 0 spiro atoms. The number of amides is 1. The van der Waals surface area contributed by atoms with Gasteiger partial charge in [-0.3, -0.25) is 4.79 Å². The summed E-state index contributed by atoms with van der Waals surface area (Å²) in [4.78, 5) is 10.9. The first-order valence-electron chi connectivity index (χ1n) is 5.20. The van der Waals surface area contributed by atoms with Crippen LogP contribution in [0.5, 0.6) is 0 Å². The Kier molecular flexibility index (Phi) is 2.71. The molecule has 1 amide bonds. The molecule has 80 valence electrons. The summed E-state index contributed by atoms with van der Waals surface area (Å²) < 4.78 is 12.7. The van der Waals surface area contributed by atoms with Crippen molar-refractivity contribution in [2.75, 3.05) is 0 Å². The van der Waals surface area contributed by atoms with Crippen molar-refractivity contribution in [2.45, 2.75) is 25.2 Å². The number of primary amides is 1. The van der Waals surface area contributed by atoms with Gasteiger partial charge in [0.2, 0.25) is 5.91 Å². The van der Waals surface area contributed by atoms with E-state index < -0.39 is 0 Å². The molecule has 1 unspecified atom stereocenters. The third-order valence-electron chi connectivity index (χ3n) is 2.91. The standard InChI is InChI=1S/C12H14FNO/c13-10-5-3-9(4-6-10)11(7-12(14)15)8-1-2-8/h3-6,8,11H,1-2,7H2,(H2,14,15). The second kappa shape index (κ2) is 4.01. The number of halogens is 1. The Hall–Kier alpha value is -1.38. The molecule has 2 N–H and O–H groups in total. The van der Waals surface area contributed by atoms with E-state index in [1.54, 1.807) is 12.1 Å². The summed E-state index contributed by atoms with van der Waals surface area (Å²) in [6, 6.07) is 6.37. The monoisotopic (exact) mass is 207 g/mol. The predicted octanol–water partition coefficient (Wildman–Crippen LogP) is 2.19. The molecule has 3 heteroatoms. The second-order valence-corrected chi connectivity index (χ2v) is 4.17. The van der Waals surface area contributed by atoms with E-state index in [1.165, 1.54) is 12.1 Å². The fourth-order valence-corrected chi connectivity index (χ4v) is 1.98. The van der Waals surface area contributed by atoms with Crippen molar-refractivity contribution in [3.63, 3.8) is 0 Å². The summed E-state index contributed by atoms with van der Waals surface area (Å²) in [5, 5.41) is 0. The molecule has 0 heterocycles. The molecule has 1 aromatic carbocycles. The lowest BCUT2D eigenvalue weighted by molar-refractivity contribution is -0.118. The van der Waals surface area contributed by atoms with Crippen LogP contribution in [0.2, 0.25) is 0 Å². The van der Waals surface area contributed by atoms with Crippen molar-refractivity contribution in [1.29, 1.82) is 0 Å². The Labute approximate surface area is 88.3 Å². The average Bonchev–Trinajstić information content (AvgIpc) is 2.99. The molecule has 0 aliphatic heterocycles. The SMILES string of the molecule is NC(=O)CC(c1ccc(F)cc1)C1CC1. The van der Waals surface area contributed by atoms with Crippen molar-refractivity contribution in [3.05, 3.63) is 35.6 Å². The van der Waals surface area contributed by atoms with E-state index in [0.717, 1.165) is 18.4 Å². The zero-order valence-electron chi connectivity index (χ0n) is 8.45. The van der Waals surface area contributed by atoms with Gasteiger partial charge in [0.15, 0.2) is 0 Å². The van der Waals surface area contributed by atoms with E-state index >= 15 is 0 Å². The number of carbonyl (C=O) groups excluding carboxylic acids is 1. The second-order valence-electron chi connectivity index (χ2n) is 4.17. The number of hydrogen-bond acceptors (Lipinski definition) is 1. The van der Waals surface area contributed by atoms with Crippen LogP contribution < -0.4 is 5.73 Å². The molecular formula is C12H14FNO. The minimum absolute atomic E-state index is 0.183. The number of benzene rings is 1. The molecule has 1 aromatic rings. The third-order valence-corrected chi connectivity index (χ3v) is 2.91. The van der Waals surface area contributed by atoms with E-state index in [1.807, 2.05) is 0 Å². The van der Waals surface area contributed by atoms with Gasteiger partial charge in [-0.25, -0.2) is 4.39 Å². The smallest absolute Gasteiger partial charge is 0.218 e. The summed E-state index contributed by atoms with van der Waals surface area (Å²) in [5.41, 5.74) is 6.24. The Balaban J connectivity index is 2.16. The number of carbonyl (C=O) groups is 1. The summed E-state index contributed by atoms with van der Waals surface area (Å²) in [7, 11) is 0. The van der Waals surface area contributed by atoms with E-state index in [0.29, 0.717) is 12.3 Å². The molecule has 2 rings (SSSR count). The van der Waals surface area contributed by atoms with Gasteiger partial charge in [0.05, 0.1) is 0 Å². The maximum absolute atomic E-state index is 12.7. The highest BCUT2D eigenvalue weighted by Crippen LogP contribution is 2.44. The summed E-state index contributed by atoms with van der Waals surface area (Å²) in [6.45, 7) is 0. The van der Waals surface area contributed by atoms with Crippen molar-refractivity contribution >= 4 is 5.91 Å². The topological polar surface area (TPSA) is 43.1 Å². The highest BCUT2D eigenvalue weighted by atomic mass is 19.1. The average molecular weight is 207 g/mol. The zero-order valence-corrected chi connectivity index (χ0v) is 8.45. The van der Waals surface area contributed by atoms with Crippen molar-refractivity contribution in [1.82, 2.24) is 0 Å². The lowest BCUT2D eigenvalue weighted by atomic mass is 9.91. The molecule has 0 aromatic heterocycles. The maximum atomic E-state index is 12.7. The third kappa shape index (κ3) is 2.55. The van der Waals surface area contributed by atoms with Gasteiger partial charge in [-0.15, -0.1) is 0 Å². The molecular weight excluding hydrogens is 193 g/mol. The predicted molar refractivity (Wildman–Crippen MR) is 55.7 cm³/mol. The van der Waals surface area contributed by atoms with Crippen LogP contribution in [0.1, 0.15) is 30.7 Å². The Morgan fingerprint density at radius 2 is 2.00 bits per heavy atom. The fraction of sp³-hybridized carbons (Fsp3) is 0.417. The van der Waals surface area contributed by atoms with Crippen LogP contribution in [-0.4, -0.2) is 5.91 Å². The first-order valence-corrected chi connectivity index (χ1v) is 5.20. The first kappa shape index (κ1) is 10.1. The van der Waals surface area contributed by atoms with Gasteiger partial charge in [-0.05, 0) is 42.4 Å². The van der Waals surface area contributed by atoms with Crippen molar-refractivity contribution in [2.24, 2.45) is 11.7 Å². The zero-order chi connectivity index (χ0) is 10.8. The van der Waals surface area contributed by atoms with Crippen molar-refractivity contribution < 1.29 is 9.18 Å². The first-order chi connectivity index (χ1) is 7.16. The van der Waals surface area contributed by atoms with Gasteiger partial charge >= 0.3 is 0 Å². The number of rotatable bonds is 4. The van der Waals surface area contributed by atoms with E-state index in [9.17, 15) is 9.18 Å². The van der Waals surface area contributed by atoms with Crippen LogP contribution in [0.25, 0.3) is 0 Å². The number of hydrogen-bond donors (Lipinski definition) is 1. The highest BCUT2D eigenvalue weighted by Gasteiger charge is 2.33. The summed E-state index contributed by atoms with van der Waals surface area (Å²) >= 11 is 0. The molecule has 1 aliphatic carbocycles. The van der Waals surface area contributed by atoms with E-state index in [2.05, 4.69) is 0 Å². The molecule has 0 bridgehead atoms. The van der Waals surface area contributed by atoms with Gasteiger partial charge < -0.3 is 5.73 Å². The van der Waals surface area contributed by atoms with Crippen molar-refractivity contribution in [3.8, 4) is 0 Å². The van der Waals surface area contributed by atoms with Gasteiger partial charge in [-0.1, -0.05) is 12.1 Å². The van der Waals surface area contributed by atoms with Crippen LogP contribution in [0.4, 0.5) is 4.39 Å². The van der Waals surface area contributed by atoms with Gasteiger partial charge in [-0.2, -0.15) is 0 Å². The Bertz CT molecular complexity index is 356. The van der Waals surface area contributed by atoms with E-state index in [-0.39, 0.29) is 17.6 Å². The highest BCUT2D eigenvalue weighted by molar-refractivity contribution is 5.74. The molecule has 0 saturated heterocycles. The largest absolute Gasteiger partial charge is 0.370 e. The summed E-state index contributed by atoms with van der Waals surface area (Å²) in [6.07, 6.45) is 2.67. The molecule has 2 nitrogen and oxygen atoms in total. The van der Waals surface area contributed by atoms with Crippen LogP contribution in [0, 0.1) is 11.7 Å². The van der Waals surface area contributed by atoms with E-state index in [4.69, 9.17) is 5.73 Å². The quantitative estimate of drug-likeness (QED) is 0.808. The number of nitrogens with two attached hydrogens (primary N) is 1. The Morgan fingerprint density at radius 3 is 2.47 bits per heavy atom. The molecule has 1 atom stereocenters. The molecule has 15 heavy (non-hydrogen) atoms.